The number of likely N-dealkylation sites (tertiary alicyclic amines) is 1. The molecule has 3 atom stereocenters. The molecule has 0 spiro atoms. The summed E-state index contributed by atoms with van der Waals surface area (Å²) in [7, 11) is 1.64. The highest BCUT2D eigenvalue weighted by Crippen LogP contribution is 2.38. The van der Waals surface area contributed by atoms with Crippen LogP contribution in [0, 0.1) is 10.1 Å². The fourth-order valence-corrected chi connectivity index (χ4v) is 5.16. The van der Waals surface area contributed by atoms with Crippen molar-refractivity contribution < 1.29 is 28.0 Å². The summed E-state index contributed by atoms with van der Waals surface area (Å²) in [5.41, 5.74) is -0.332. The number of morpholine rings is 1. The molecular weight excluding hydrogens is 570 g/mol. The van der Waals surface area contributed by atoms with Gasteiger partial charge in [-0.15, -0.1) is 0 Å². The Bertz CT molecular complexity index is 1250. The van der Waals surface area contributed by atoms with E-state index < -0.39 is 47.5 Å². The molecule has 2 amide bonds. The lowest BCUT2D eigenvalue weighted by Crippen LogP contribution is -2.48. The number of nitrogens with zero attached hydrogens (tertiary/aromatic N) is 4. The number of nitro groups is 1. The standard InChI is InChI=1S/C24H27BrF2N6O5/c1-13-9-31(10-14(2)38-13)23(35)18-5-16(25)6-19(33(36)37)21(18)30-20-11-32(12-24(20,26)27)22(34)15-4-17(28-3)8-29-7-15/h4-8,13-14,20,28,30H,9-12H2,1-3H3/t13-,14-,20+/m1/s1. The molecule has 2 fully saturated rings. The number of pyridine rings is 1. The number of hydrogen-bond acceptors (Lipinski definition) is 8. The Balaban J connectivity index is 1.66. The first kappa shape index (κ1) is 27.6. The van der Waals surface area contributed by atoms with Crippen molar-refractivity contribution in [3.63, 3.8) is 0 Å². The smallest absolute Gasteiger partial charge is 0.294 e. The molecule has 4 rings (SSSR count). The molecule has 0 bridgehead atoms. The summed E-state index contributed by atoms with van der Waals surface area (Å²) in [6.45, 7) is 2.73. The zero-order valence-electron chi connectivity index (χ0n) is 20.9. The number of aromatic nitrogens is 1. The molecule has 204 valence electrons. The normalized spacial score (nSPS) is 22.7. The van der Waals surface area contributed by atoms with Crippen LogP contribution in [-0.4, -0.2) is 88.9 Å². The van der Waals surface area contributed by atoms with Gasteiger partial charge in [0.15, 0.2) is 0 Å². The average molecular weight is 597 g/mol. The SMILES string of the molecule is CNc1cncc(C(=O)N2C[C@H](Nc3c(C(=O)N4C[C@@H](C)O[C@H](C)C4)cc(Br)cc3[N+](=O)[O-])C(F)(F)C2)c1. The first-order valence-electron chi connectivity index (χ1n) is 11.9. The van der Waals surface area contributed by atoms with Crippen LogP contribution in [0.25, 0.3) is 0 Å². The first-order chi connectivity index (χ1) is 17.9. The van der Waals surface area contributed by atoms with Crippen LogP contribution < -0.4 is 10.6 Å². The van der Waals surface area contributed by atoms with Gasteiger partial charge in [0.2, 0.25) is 0 Å². The van der Waals surface area contributed by atoms with Crippen molar-refractivity contribution in [2.75, 3.05) is 43.9 Å². The van der Waals surface area contributed by atoms with Gasteiger partial charge in [0.1, 0.15) is 11.7 Å². The van der Waals surface area contributed by atoms with Crippen molar-refractivity contribution in [3.8, 4) is 0 Å². The number of hydrogen-bond donors (Lipinski definition) is 2. The second kappa shape index (κ2) is 10.8. The number of nitro benzene ring substituents is 1. The monoisotopic (exact) mass is 596 g/mol. The molecule has 3 heterocycles. The van der Waals surface area contributed by atoms with Crippen molar-refractivity contribution in [2.45, 2.75) is 38.0 Å². The van der Waals surface area contributed by atoms with Gasteiger partial charge in [-0.25, -0.2) is 8.78 Å². The Kier molecular flexibility index (Phi) is 7.83. The molecule has 1 aromatic heterocycles. The molecule has 0 unspecified atom stereocenters. The maximum absolute atomic E-state index is 15.2. The lowest BCUT2D eigenvalue weighted by atomic mass is 10.1. The van der Waals surface area contributed by atoms with E-state index >= 15 is 8.78 Å². The summed E-state index contributed by atoms with van der Waals surface area (Å²) < 4.78 is 36.3. The number of amides is 2. The summed E-state index contributed by atoms with van der Waals surface area (Å²) in [6.07, 6.45) is 2.23. The van der Waals surface area contributed by atoms with E-state index in [9.17, 15) is 19.7 Å². The van der Waals surface area contributed by atoms with Crippen molar-refractivity contribution in [1.29, 1.82) is 0 Å². The minimum Gasteiger partial charge on any atom is -0.387 e. The molecule has 0 aliphatic carbocycles. The Labute approximate surface area is 225 Å². The van der Waals surface area contributed by atoms with Gasteiger partial charge >= 0.3 is 0 Å². The van der Waals surface area contributed by atoms with Gasteiger partial charge in [-0.3, -0.25) is 24.7 Å². The van der Waals surface area contributed by atoms with E-state index in [0.29, 0.717) is 5.69 Å². The van der Waals surface area contributed by atoms with Gasteiger partial charge < -0.3 is 25.2 Å². The molecule has 0 saturated carbocycles. The molecular formula is C24H27BrF2N6O5. The van der Waals surface area contributed by atoms with Crippen molar-refractivity contribution >= 4 is 44.8 Å². The topological polar surface area (TPSA) is 130 Å². The third-order valence-corrected chi connectivity index (χ3v) is 6.87. The number of nitrogens with one attached hydrogen (secondary N) is 2. The number of carbonyl (C=O) groups is 2. The highest BCUT2D eigenvalue weighted by molar-refractivity contribution is 9.10. The molecule has 14 heteroatoms. The maximum Gasteiger partial charge on any atom is 0.294 e. The summed E-state index contributed by atoms with van der Waals surface area (Å²) in [6, 6.07) is 2.33. The number of halogens is 3. The van der Waals surface area contributed by atoms with Gasteiger partial charge in [-0.1, -0.05) is 15.9 Å². The summed E-state index contributed by atoms with van der Waals surface area (Å²) in [5, 5.41) is 17.3. The van der Waals surface area contributed by atoms with Crippen LogP contribution in [0.2, 0.25) is 0 Å². The number of alkyl halides is 2. The van der Waals surface area contributed by atoms with Crippen molar-refractivity contribution in [3.05, 3.63) is 56.3 Å². The maximum atomic E-state index is 15.2. The minimum atomic E-state index is -3.44. The minimum absolute atomic E-state index is 0.120. The quantitative estimate of drug-likeness (QED) is 0.382. The summed E-state index contributed by atoms with van der Waals surface area (Å²) in [5.74, 6) is -4.65. The molecule has 2 saturated heterocycles. The van der Waals surface area contributed by atoms with Gasteiger partial charge in [0, 0.05) is 49.6 Å². The van der Waals surface area contributed by atoms with Gasteiger partial charge in [0.25, 0.3) is 23.4 Å². The predicted molar refractivity (Wildman–Crippen MR) is 139 cm³/mol. The Morgan fingerprint density at radius 3 is 2.45 bits per heavy atom. The Hall–Kier alpha value is -3.39. The van der Waals surface area contributed by atoms with Crippen LogP contribution in [0.5, 0.6) is 0 Å². The van der Waals surface area contributed by atoms with Gasteiger partial charge in [-0.05, 0) is 26.0 Å². The summed E-state index contributed by atoms with van der Waals surface area (Å²) in [4.78, 5) is 44.1. The second-order valence-corrected chi connectivity index (χ2v) is 10.3. The number of rotatable bonds is 6. The van der Waals surface area contributed by atoms with E-state index in [1.54, 1.807) is 20.9 Å². The largest absolute Gasteiger partial charge is 0.387 e. The average Bonchev–Trinajstić information content (AvgIpc) is 3.16. The van der Waals surface area contributed by atoms with Crippen LogP contribution >= 0.6 is 15.9 Å². The van der Waals surface area contributed by atoms with E-state index in [2.05, 4.69) is 31.5 Å². The lowest BCUT2D eigenvalue weighted by Gasteiger charge is -2.35. The Morgan fingerprint density at radius 1 is 1.13 bits per heavy atom. The molecule has 2 N–H and O–H groups in total. The molecule has 0 radical (unpaired) electrons. The highest BCUT2D eigenvalue weighted by atomic mass is 79.9. The van der Waals surface area contributed by atoms with E-state index in [-0.39, 0.29) is 46.6 Å². The van der Waals surface area contributed by atoms with Crippen LogP contribution in [0.4, 0.5) is 25.8 Å². The van der Waals surface area contributed by atoms with Crippen molar-refractivity contribution in [2.24, 2.45) is 0 Å². The van der Waals surface area contributed by atoms with E-state index in [1.165, 1.54) is 29.4 Å². The lowest BCUT2D eigenvalue weighted by molar-refractivity contribution is -0.384. The second-order valence-electron chi connectivity index (χ2n) is 9.43. The third kappa shape index (κ3) is 5.70. The number of carbonyl (C=O) groups excluding carboxylic acids is 2. The molecule has 1 aromatic carbocycles. The van der Waals surface area contributed by atoms with Crippen LogP contribution in [0.1, 0.15) is 34.6 Å². The fourth-order valence-electron chi connectivity index (χ4n) is 4.71. The summed E-state index contributed by atoms with van der Waals surface area (Å²) >= 11 is 3.19. The van der Waals surface area contributed by atoms with E-state index in [0.717, 1.165) is 11.0 Å². The molecule has 2 aliphatic rings. The molecule has 2 aliphatic heterocycles. The molecule has 38 heavy (non-hydrogen) atoms. The van der Waals surface area contributed by atoms with Gasteiger partial charge in [-0.2, -0.15) is 0 Å². The molecule has 11 nitrogen and oxygen atoms in total. The zero-order chi connectivity index (χ0) is 27.8. The van der Waals surface area contributed by atoms with Gasteiger partial charge in [0.05, 0.1) is 40.5 Å². The highest BCUT2D eigenvalue weighted by Gasteiger charge is 2.51. The molecule has 2 aromatic rings. The van der Waals surface area contributed by atoms with E-state index in [4.69, 9.17) is 4.74 Å². The van der Waals surface area contributed by atoms with Crippen LogP contribution in [0.3, 0.4) is 0 Å². The number of ether oxygens (including phenoxy) is 1. The van der Waals surface area contributed by atoms with Crippen LogP contribution in [-0.2, 0) is 4.74 Å². The fraction of sp³-hybridized carbons (Fsp3) is 0.458. The zero-order valence-corrected chi connectivity index (χ0v) is 22.5. The third-order valence-electron chi connectivity index (χ3n) is 6.41. The predicted octanol–water partition coefficient (Wildman–Crippen LogP) is 3.62. The van der Waals surface area contributed by atoms with E-state index in [1.807, 2.05) is 0 Å². The van der Waals surface area contributed by atoms with Crippen molar-refractivity contribution in [1.82, 2.24) is 14.8 Å². The Morgan fingerprint density at radius 2 is 1.82 bits per heavy atom. The van der Waals surface area contributed by atoms with Crippen LogP contribution in [0.15, 0.2) is 35.1 Å². The number of benzene rings is 1. The number of anilines is 2. The first-order valence-corrected chi connectivity index (χ1v) is 12.7.